The minimum absolute atomic E-state index is 0.492. The first kappa shape index (κ1) is 11.2. The molecular weight excluding hydrogens is 196 g/mol. The summed E-state index contributed by atoms with van der Waals surface area (Å²) in [4.78, 5) is 2.33. The molecule has 1 heterocycles. The molecule has 1 aliphatic heterocycles. The summed E-state index contributed by atoms with van der Waals surface area (Å²) in [6, 6.07) is 13.0. The van der Waals surface area contributed by atoms with Crippen LogP contribution in [0.5, 0.6) is 0 Å². The molecule has 0 spiro atoms. The summed E-state index contributed by atoms with van der Waals surface area (Å²) < 4.78 is 0. The Labute approximate surface area is 97.5 Å². The Morgan fingerprint density at radius 2 is 2.12 bits per heavy atom. The molecule has 2 unspecified atom stereocenters. The molecule has 16 heavy (non-hydrogen) atoms. The van der Waals surface area contributed by atoms with Crippen molar-refractivity contribution in [3.63, 3.8) is 0 Å². The third kappa shape index (κ3) is 2.43. The standard InChI is InChI=1S/C14H18N2/c1-16-10-8-14(13(11-16)7-9-15)12-5-3-2-4-6-12/h2-6,13-14H,7-8,10-11H2,1H3. The maximum absolute atomic E-state index is 8.90. The van der Waals surface area contributed by atoms with E-state index in [0.29, 0.717) is 18.3 Å². The van der Waals surface area contributed by atoms with Gasteiger partial charge >= 0.3 is 0 Å². The Morgan fingerprint density at radius 1 is 1.38 bits per heavy atom. The highest BCUT2D eigenvalue weighted by Crippen LogP contribution is 2.34. The van der Waals surface area contributed by atoms with Crippen LogP contribution in [0.2, 0.25) is 0 Å². The Balaban J connectivity index is 2.16. The Hall–Kier alpha value is -1.33. The molecule has 0 aliphatic carbocycles. The van der Waals surface area contributed by atoms with Crippen LogP contribution in [0.25, 0.3) is 0 Å². The summed E-state index contributed by atoms with van der Waals surface area (Å²) in [5.41, 5.74) is 1.40. The van der Waals surface area contributed by atoms with Crippen molar-refractivity contribution >= 4 is 0 Å². The van der Waals surface area contributed by atoms with Gasteiger partial charge in [0.15, 0.2) is 0 Å². The third-order valence-electron chi connectivity index (χ3n) is 3.52. The second-order valence-electron chi connectivity index (χ2n) is 4.69. The van der Waals surface area contributed by atoms with E-state index in [1.165, 1.54) is 12.0 Å². The van der Waals surface area contributed by atoms with Crippen LogP contribution < -0.4 is 0 Å². The molecule has 0 N–H and O–H groups in total. The fourth-order valence-electron chi connectivity index (χ4n) is 2.68. The van der Waals surface area contributed by atoms with Crippen LogP contribution in [0.3, 0.4) is 0 Å². The highest BCUT2D eigenvalue weighted by atomic mass is 15.1. The van der Waals surface area contributed by atoms with Gasteiger partial charge in [-0.1, -0.05) is 30.3 Å². The minimum atomic E-state index is 0.492. The predicted octanol–water partition coefficient (Wildman–Crippen LogP) is 2.64. The third-order valence-corrected chi connectivity index (χ3v) is 3.52. The molecule has 0 amide bonds. The SMILES string of the molecule is CN1CCC(c2ccccc2)C(CC#N)C1. The molecule has 2 heteroatoms. The monoisotopic (exact) mass is 214 g/mol. The van der Waals surface area contributed by atoms with Crippen LogP contribution in [-0.4, -0.2) is 25.0 Å². The van der Waals surface area contributed by atoms with E-state index in [-0.39, 0.29) is 0 Å². The highest BCUT2D eigenvalue weighted by molar-refractivity contribution is 5.21. The van der Waals surface area contributed by atoms with Gasteiger partial charge in [0.1, 0.15) is 0 Å². The van der Waals surface area contributed by atoms with Gasteiger partial charge < -0.3 is 4.90 Å². The van der Waals surface area contributed by atoms with Crippen LogP contribution in [0.1, 0.15) is 24.3 Å². The molecule has 0 saturated carbocycles. The number of nitriles is 1. The van der Waals surface area contributed by atoms with E-state index >= 15 is 0 Å². The zero-order valence-corrected chi connectivity index (χ0v) is 9.76. The number of hydrogen-bond acceptors (Lipinski definition) is 2. The van der Waals surface area contributed by atoms with Gasteiger partial charge in [0.05, 0.1) is 6.07 Å². The molecule has 0 aromatic heterocycles. The molecule has 84 valence electrons. The first-order valence-electron chi connectivity index (χ1n) is 5.91. The van der Waals surface area contributed by atoms with E-state index in [0.717, 1.165) is 13.1 Å². The van der Waals surface area contributed by atoms with E-state index in [1.54, 1.807) is 0 Å². The molecule has 1 aliphatic rings. The zero-order chi connectivity index (χ0) is 11.4. The van der Waals surface area contributed by atoms with Crippen molar-refractivity contribution in [1.82, 2.24) is 4.90 Å². The van der Waals surface area contributed by atoms with Crippen molar-refractivity contribution in [3.05, 3.63) is 35.9 Å². The van der Waals surface area contributed by atoms with Crippen LogP contribution >= 0.6 is 0 Å². The smallest absolute Gasteiger partial charge is 0.0625 e. The van der Waals surface area contributed by atoms with E-state index in [4.69, 9.17) is 5.26 Å². The summed E-state index contributed by atoms with van der Waals surface area (Å²) in [5.74, 6) is 1.06. The fraction of sp³-hybridized carbons (Fsp3) is 0.500. The Bertz CT molecular complexity index is 366. The van der Waals surface area contributed by atoms with Gasteiger partial charge in [-0.2, -0.15) is 5.26 Å². The largest absolute Gasteiger partial charge is 0.306 e. The first-order valence-corrected chi connectivity index (χ1v) is 5.91. The van der Waals surface area contributed by atoms with Crippen LogP contribution in [0.15, 0.2) is 30.3 Å². The summed E-state index contributed by atoms with van der Waals surface area (Å²) in [5, 5.41) is 8.90. The van der Waals surface area contributed by atoms with E-state index in [9.17, 15) is 0 Å². The van der Waals surface area contributed by atoms with E-state index in [2.05, 4.69) is 48.3 Å². The molecule has 2 nitrogen and oxygen atoms in total. The molecule has 2 atom stereocenters. The molecule has 0 bridgehead atoms. The molecule has 2 rings (SSSR count). The number of benzene rings is 1. The molecule has 1 aromatic rings. The van der Waals surface area contributed by atoms with Gasteiger partial charge in [0, 0.05) is 13.0 Å². The van der Waals surface area contributed by atoms with Crippen LogP contribution in [0, 0.1) is 17.2 Å². The van der Waals surface area contributed by atoms with Crippen LogP contribution in [0.4, 0.5) is 0 Å². The maximum Gasteiger partial charge on any atom is 0.0625 e. The molecule has 1 fully saturated rings. The summed E-state index contributed by atoms with van der Waals surface area (Å²) in [7, 11) is 2.14. The summed E-state index contributed by atoms with van der Waals surface area (Å²) in [6.07, 6.45) is 1.84. The van der Waals surface area contributed by atoms with Crippen molar-refractivity contribution in [2.45, 2.75) is 18.8 Å². The fourth-order valence-corrected chi connectivity index (χ4v) is 2.68. The van der Waals surface area contributed by atoms with Gasteiger partial charge in [-0.05, 0) is 37.4 Å². The molecule has 1 saturated heterocycles. The average molecular weight is 214 g/mol. The quantitative estimate of drug-likeness (QED) is 0.756. The summed E-state index contributed by atoms with van der Waals surface area (Å²) >= 11 is 0. The van der Waals surface area contributed by atoms with Crippen molar-refractivity contribution < 1.29 is 0 Å². The van der Waals surface area contributed by atoms with Crippen molar-refractivity contribution in [3.8, 4) is 6.07 Å². The van der Waals surface area contributed by atoms with E-state index in [1.807, 2.05) is 0 Å². The van der Waals surface area contributed by atoms with Gasteiger partial charge in [-0.3, -0.25) is 0 Å². The number of piperidine rings is 1. The lowest BCUT2D eigenvalue weighted by molar-refractivity contribution is 0.186. The van der Waals surface area contributed by atoms with Crippen molar-refractivity contribution in [2.24, 2.45) is 5.92 Å². The van der Waals surface area contributed by atoms with Gasteiger partial charge in [0.25, 0.3) is 0 Å². The lowest BCUT2D eigenvalue weighted by atomic mass is 9.79. The number of likely N-dealkylation sites (tertiary alicyclic amines) is 1. The lowest BCUT2D eigenvalue weighted by Gasteiger charge is -2.36. The predicted molar refractivity (Wildman–Crippen MR) is 65.0 cm³/mol. The number of nitrogens with zero attached hydrogens (tertiary/aromatic N) is 2. The molecular formula is C14H18N2. The summed E-state index contributed by atoms with van der Waals surface area (Å²) in [6.45, 7) is 2.19. The number of hydrogen-bond donors (Lipinski definition) is 0. The van der Waals surface area contributed by atoms with Crippen LogP contribution in [-0.2, 0) is 0 Å². The topological polar surface area (TPSA) is 27.0 Å². The maximum atomic E-state index is 8.90. The van der Waals surface area contributed by atoms with Gasteiger partial charge in [-0.25, -0.2) is 0 Å². The Morgan fingerprint density at radius 3 is 2.81 bits per heavy atom. The lowest BCUT2D eigenvalue weighted by Crippen LogP contribution is -2.36. The number of rotatable bonds is 2. The average Bonchev–Trinajstić information content (AvgIpc) is 2.31. The van der Waals surface area contributed by atoms with Crippen molar-refractivity contribution in [1.29, 1.82) is 5.26 Å². The van der Waals surface area contributed by atoms with Gasteiger partial charge in [0.2, 0.25) is 0 Å². The second kappa shape index (κ2) is 5.14. The highest BCUT2D eigenvalue weighted by Gasteiger charge is 2.28. The normalized spacial score (nSPS) is 26.2. The second-order valence-corrected chi connectivity index (χ2v) is 4.69. The molecule has 1 aromatic carbocycles. The Kier molecular flexibility index (Phi) is 3.58. The zero-order valence-electron chi connectivity index (χ0n) is 9.76. The van der Waals surface area contributed by atoms with Gasteiger partial charge in [-0.15, -0.1) is 0 Å². The minimum Gasteiger partial charge on any atom is -0.306 e. The van der Waals surface area contributed by atoms with E-state index < -0.39 is 0 Å². The van der Waals surface area contributed by atoms with Crippen molar-refractivity contribution in [2.75, 3.05) is 20.1 Å². The molecule has 0 radical (unpaired) electrons. The first-order chi connectivity index (χ1) is 7.81.